The van der Waals surface area contributed by atoms with Crippen LogP contribution in [0, 0.1) is 0 Å². The first-order chi connectivity index (χ1) is 10.6. The minimum absolute atomic E-state index is 0.112. The minimum atomic E-state index is -0.243. The molecular weight excluding hydrogens is 306 g/mol. The van der Waals surface area contributed by atoms with E-state index in [4.69, 9.17) is 21.1 Å². The molecule has 118 valence electrons. The van der Waals surface area contributed by atoms with Crippen LogP contribution in [0.25, 0.3) is 10.9 Å². The first-order valence-corrected chi connectivity index (χ1v) is 7.65. The molecule has 2 atom stereocenters. The summed E-state index contributed by atoms with van der Waals surface area (Å²) in [5.41, 5.74) is 1.12. The minimum Gasteiger partial charge on any atom is -0.379 e. The zero-order valence-corrected chi connectivity index (χ0v) is 13.0. The maximum atomic E-state index is 12.3. The Morgan fingerprint density at radius 2 is 2.50 bits per heavy atom. The fourth-order valence-corrected chi connectivity index (χ4v) is 2.59. The number of fused-ring (bicyclic) bond motifs is 1. The number of halogens is 1. The van der Waals surface area contributed by atoms with Gasteiger partial charge in [0, 0.05) is 23.1 Å². The predicted molar refractivity (Wildman–Crippen MR) is 83.2 cm³/mol. The van der Waals surface area contributed by atoms with Crippen LogP contribution in [-0.2, 0) is 9.47 Å². The van der Waals surface area contributed by atoms with E-state index >= 15 is 0 Å². The van der Waals surface area contributed by atoms with E-state index in [-0.39, 0.29) is 18.1 Å². The van der Waals surface area contributed by atoms with Gasteiger partial charge in [-0.25, -0.2) is 0 Å². The number of carbonyl (C=O) groups is 1. The van der Waals surface area contributed by atoms with Crippen molar-refractivity contribution in [1.82, 2.24) is 15.5 Å². The summed E-state index contributed by atoms with van der Waals surface area (Å²) < 4.78 is 11.0. The fourth-order valence-electron chi connectivity index (χ4n) is 2.42. The molecule has 7 heteroatoms. The van der Waals surface area contributed by atoms with Crippen LogP contribution < -0.4 is 5.32 Å². The third-order valence-electron chi connectivity index (χ3n) is 3.59. The van der Waals surface area contributed by atoms with Gasteiger partial charge in [-0.05, 0) is 31.5 Å². The van der Waals surface area contributed by atoms with Crippen LogP contribution in [-0.4, -0.2) is 48.1 Å². The van der Waals surface area contributed by atoms with Gasteiger partial charge in [-0.15, -0.1) is 0 Å². The van der Waals surface area contributed by atoms with Gasteiger partial charge in [-0.1, -0.05) is 11.6 Å². The summed E-state index contributed by atoms with van der Waals surface area (Å²) in [6, 6.07) is 5.17. The van der Waals surface area contributed by atoms with Crippen LogP contribution in [0.15, 0.2) is 18.2 Å². The Kier molecular flexibility index (Phi) is 4.61. The van der Waals surface area contributed by atoms with E-state index in [0.29, 0.717) is 29.3 Å². The van der Waals surface area contributed by atoms with Crippen molar-refractivity contribution in [2.24, 2.45) is 0 Å². The Hall–Kier alpha value is -1.63. The van der Waals surface area contributed by atoms with E-state index in [1.54, 1.807) is 18.2 Å². The number of H-pyrrole nitrogens is 1. The maximum Gasteiger partial charge on any atom is 0.272 e. The molecule has 1 aliphatic rings. The highest BCUT2D eigenvalue weighted by atomic mass is 35.5. The lowest BCUT2D eigenvalue weighted by atomic mass is 10.2. The Bertz CT molecular complexity index is 667. The van der Waals surface area contributed by atoms with Crippen molar-refractivity contribution in [1.29, 1.82) is 0 Å². The van der Waals surface area contributed by atoms with Crippen molar-refractivity contribution in [3.63, 3.8) is 0 Å². The van der Waals surface area contributed by atoms with E-state index in [0.717, 1.165) is 18.5 Å². The van der Waals surface area contributed by atoms with Gasteiger partial charge in [0.05, 0.1) is 24.8 Å². The van der Waals surface area contributed by atoms with Crippen molar-refractivity contribution in [2.75, 3.05) is 19.8 Å². The number of amides is 1. The second kappa shape index (κ2) is 6.64. The van der Waals surface area contributed by atoms with Crippen molar-refractivity contribution in [2.45, 2.75) is 25.5 Å². The molecule has 22 heavy (non-hydrogen) atoms. The smallest absolute Gasteiger partial charge is 0.272 e. The second-order valence-electron chi connectivity index (χ2n) is 5.46. The Morgan fingerprint density at radius 3 is 3.27 bits per heavy atom. The molecule has 2 heterocycles. The molecule has 1 aliphatic heterocycles. The zero-order valence-electron chi connectivity index (χ0n) is 12.3. The first kappa shape index (κ1) is 15.3. The Labute approximate surface area is 133 Å². The monoisotopic (exact) mass is 323 g/mol. The maximum absolute atomic E-state index is 12.3. The number of nitrogens with zero attached hydrogens (tertiary/aromatic N) is 1. The van der Waals surface area contributed by atoms with Gasteiger partial charge in [-0.2, -0.15) is 5.10 Å². The molecule has 0 spiro atoms. The molecule has 0 aliphatic carbocycles. The number of aromatic amines is 1. The summed E-state index contributed by atoms with van der Waals surface area (Å²) >= 11 is 5.98. The summed E-state index contributed by atoms with van der Waals surface area (Å²) in [7, 11) is 0. The van der Waals surface area contributed by atoms with Gasteiger partial charge < -0.3 is 14.8 Å². The van der Waals surface area contributed by atoms with Gasteiger partial charge in [0.2, 0.25) is 0 Å². The van der Waals surface area contributed by atoms with E-state index in [1.807, 2.05) is 6.92 Å². The molecule has 1 amide bonds. The summed E-state index contributed by atoms with van der Waals surface area (Å²) in [5, 5.41) is 11.1. The number of hydrogen-bond donors (Lipinski definition) is 2. The molecule has 1 fully saturated rings. The molecule has 0 radical (unpaired) electrons. The van der Waals surface area contributed by atoms with Crippen molar-refractivity contribution < 1.29 is 14.3 Å². The van der Waals surface area contributed by atoms with Crippen molar-refractivity contribution in [3.8, 4) is 0 Å². The highest BCUT2D eigenvalue weighted by Crippen LogP contribution is 2.20. The third-order valence-corrected chi connectivity index (χ3v) is 3.82. The standard InChI is InChI=1S/C15H18ClN3O3/c1-9(7-22-11-4-5-21-8-11)17-15(20)14-12-6-10(16)2-3-13(12)18-19-14/h2-3,6,9,11H,4-5,7-8H2,1H3,(H,17,20)(H,18,19). The SMILES string of the molecule is CC(COC1CCOC1)NC(=O)c1n[nH]c2ccc(Cl)cc12. The molecule has 0 bridgehead atoms. The first-order valence-electron chi connectivity index (χ1n) is 7.27. The number of aromatic nitrogens is 2. The number of benzene rings is 1. The van der Waals surface area contributed by atoms with E-state index in [2.05, 4.69) is 15.5 Å². The van der Waals surface area contributed by atoms with Crippen LogP contribution in [0.1, 0.15) is 23.8 Å². The molecule has 1 aromatic carbocycles. The topological polar surface area (TPSA) is 76.2 Å². The highest BCUT2D eigenvalue weighted by Gasteiger charge is 2.19. The van der Waals surface area contributed by atoms with Crippen LogP contribution in [0.4, 0.5) is 0 Å². The van der Waals surface area contributed by atoms with Crippen LogP contribution in [0.5, 0.6) is 0 Å². The highest BCUT2D eigenvalue weighted by molar-refractivity contribution is 6.31. The molecular formula is C15H18ClN3O3. The van der Waals surface area contributed by atoms with Gasteiger partial charge >= 0.3 is 0 Å². The quantitative estimate of drug-likeness (QED) is 0.884. The molecule has 1 saturated heterocycles. The molecule has 6 nitrogen and oxygen atoms in total. The average Bonchev–Trinajstić information content (AvgIpc) is 3.14. The van der Waals surface area contributed by atoms with Crippen LogP contribution >= 0.6 is 11.6 Å². The third kappa shape index (κ3) is 3.40. The summed E-state index contributed by atoms with van der Waals surface area (Å²) in [5.74, 6) is -0.243. The fraction of sp³-hybridized carbons (Fsp3) is 0.467. The zero-order chi connectivity index (χ0) is 15.5. The van der Waals surface area contributed by atoms with Gasteiger partial charge in [0.15, 0.2) is 5.69 Å². The average molecular weight is 324 g/mol. The number of ether oxygens (including phenoxy) is 2. The molecule has 1 aromatic heterocycles. The lowest BCUT2D eigenvalue weighted by Crippen LogP contribution is -2.37. The largest absolute Gasteiger partial charge is 0.379 e. The summed E-state index contributed by atoms with van der Waals surface area (Å²) in [4.78, 5) is 12.3. The molecule has 3 rings (SSSR count). The second-order valence-corrected chi connectivity index (χ2v) is 5.89. The Morgan fingerprint density at radius 1 is 1.64 bits per heavy atom. The predicted octanol–water partition coefficient (Wildman–Crippen LogP) is 2.14. The molecule has 2 unspecified atom stereocenters. The molecule has 2 aromatic rings. The summed E-state index contributed by atoms with van der Waals surface area (Å²) in [6.45, 7) is 3.72. The van der Waals surface area contributed by atoms with Crippen LogP contribution in [0.2, 0.25) is 5.02 Å². The van der Waals surface area contributed by atoms with Gasteiger partial charge in [0.1, 0.15) is 0 Å². The van der Waals surface area contributed by atoms with Crippen molar-refractivity contribution >= 4 is 28.4 Å². The lowest BCUT2D eigenvalue weighted by molar-refractivity contribution is 0.0318. The van der Waals surface area contributed by atoms with Gasteiger partial charge in [-0.3, -0.25) is 9.89 Å². The van der Waals surface area contributed by atoms with Gasteiger partial charge in [0.25, 0.3) is 5.91 Å². The summed E-state index contributed by atoms with van der Waals surface area (Å²) in [6.07, 6.45) is 1.03. The number of hydrogen-bond acceptors (Lipinski definition) is 4. The van der Waals surface area contributed by atoms with E-state index in [9.17, 15) is 4.79 Å². The Balaban J connectivity index is 1.61. The molecule has 2 N–H and O–H groups in total. The lowest BCUT2D eigenvalue weighted by Gasteiger charge is -2.16. The van der Waals surface area contributed by atoms with Crippen LogP contribution in [0.3, 0.4) is 0 Å². The van der Waals surface area contributed by atoms with Crippen molar-refractivity contribution in [3.05, 3.63) is 28.9 Å². The number of nitrogens with one attached hydrogen (secondary N) is 2. The normalized spacial score (nSPS) is 19.5. The number of carbonyl (C=O) groups excluding carboxylic acids is 1. The van der Waals surface area contributed by atoms with E-state index in [1.165, 1.54) is 0 Å². The number of rotatable bonds is 5. The molecule has 0 saturated carbocycles. The van der Waals surface area contributed by atoms with E-state index < -0.39 is 0 Å².